The van der Waals surface area contributed by atoms with E-state index in [0.717, 1.165) is 28.8 Å². The highest BCUT2D eigenvalue weighted by Gasteiger charge is 2.39. The first-order valence-electron chi connectivity index (χ1n) is 6.99. The van der Waals surface area contributed by atoms with E-state index in [1.165, 1.54) is 5.56 Å². The quantitative estimate of drug-likeness (QED) is 0.817. The molecule has 108 valence electrons. The molecule has 0 bridgehead atoms. The Balaban J connectivity index is 1.96. The number of rotatable bonds is 1. The minimum absolute atomic E-state index is 0.312. The second kappa shape index (κ2) is 4.58. The molecule has 0 spiro atoms. The Morgan fingerprint density at radius 3 is 2.75 bits per heavy atom. The number of β-amino-alcohol motifs (C(OH)–C–C–N with tert-alkyl or cyclic N) is 1. The average Bonchev–Trinajstić information content (AvgIpc) is 2.80. The molecular weight excluding hydrogens is 254 g/mol. The number of aliphatic hydroxyl groups is 1. The van der Waals surface area contributed by atoms with Crippen LogP contribution in [0.25, 0.3) is 6.08 Å². The highest BCUT2D eigenvalue weighted by atomic mass is 16.6. The molecule has 1 heterocycles. The maximum atomic E-state index is 10.7. The van der Waals surface area contributed by atoms with E-state index in [2.05, 4.69) is 4.90 Å². The molecule has 1 aromatic carbocycles. The molecule has 1 unspecified atom stereocenters. The summed E-state index contributed by atoms with van der Waals surface area (Å²) >= 11 is 0. The van der Waals surface area contributed by atoms with Gasteiger partial charge in [0.2, 0.25) is 5.79 Å². The molecule has 1 fully saturated rings. The van der Waals surface area contributed by atoms with E-state index in [0.29, 0.717) is 25.3 Å². The SMILES string of the molecule is Cc1c(O)cc2c(c1C)CC(C1(O)CN(C)CCO1)=C2. The first-order chi connectivity index (χ1) is 9.40. The lowest BCUT2D eigenvalue weighted by atomic mass is 9.96. The molecular formula is C16H21NO3. The van der Waals surface area contributed by atoms with Crippen LogP contribution >= 0.6 is 0 Å². The molecule has 2 aliphatic rings. The Labute approximate surface area is 119 Å². The molecule has 3 rings (SSSR count). The van der Waals surface area contributed by atoms with Gasteiger partial charge in [0.1, 0.15) is 5.75 Å². The van der Waals surface area contributed by atoms with Crippen LogP contribution in [0.5, 0.6) is 5.75 Å². The van der Waals surface area contributed by atoms with Gasteiger partial charge in [-0.15, -0.1) is 0 Å². The number of ether oxygens (including phenoxy) is 1. The van der Waals surface area contributed by atoms with Crippen molar-refractivity contribution in [2.75, 3.05) is 26.7 Å². The van der Waals surface area contributed by atoms with Gasteiger partial charge in [-0.3, -0.25) is 4.90 Å². The fourth-order valence-electron chi connectivity index (χ4n) is 3.08. The minimum atomic E-state index is -1.21. The van der Waals surface area contributed by atoms with Crippen molar-refractivity contribution in [2.45, 2.75) is 26.1 Å². The Morgan fingerprint density at radius 1 is 1.30 bits per heavy atom. The van der Waals surface area contributed by atoms with Crippen molar-refractivity contribution in [1.82, 2.24) is 4.90 Å². The number of aromatic hydroxyl groups is 1. The van der Waals surface area contributed by atoms with Crippen LogP contribution in [0.2, 0.25) is 0 Å². The van der Waals surface area contributed by atoms with Crippen LogP contribution < -0.4 is 0 Å². The summed E-state index contributed by atoms with van der Waals surface area (Å²) in [5.41, 5.74) is 5.06. The van der Waals surface area contributed by atoms with Gasteiger partial charge in [0, 0.05) is 6.54 Å². The average molecular weight is 275 g/mol. The van der Waals surface area contributed by atoms with E-state index >= 15 is 0 Å². The number of hydrogen-bond donors (Lipinski definition) is 2. The van der Waals surface area contributed by atoms with Crippen LogP contribution in [0.1, 0.15) is 22.3 Å². The second-order valence-corrected chi connectivity index (χ2v) is 5.93. The molecule has 1 aromatic rings. The van der Waals surface area contributed by atoms with Crippen LogP contribution in [-0.4, -0.2) is 47.6 Å². The number of morpholine rings is 1. The number of likely N-dealkylation sites (N-methyl/N-ethyl adjacent to an activating group) is 1. The van der Waals surface area contributed by atoms with E-state index in [4.69, 9.17) is 4.74 Å². The number of phenols is 1. The first-order valence-corrected chi connectivity index (χ1v) is 6.99. The predicted molar refractivity (Wildman–Crippen MR) is 77.7 cm³/mol. The van der Waals surface area contributed by atoms with Gasteiger partial charge in [-0.2, -0.15) is 0 Å². The zero-order valence-corrected chi connectivity index (χ0v) is 12.2. The van der Waals surface area contributed by atoms with E-state index in [9.17, 15) is 10.2 Å². The number of hydrogen-bond acceptors (Lipinski definition) is 4. The molecule has 20 heavy (non-hydrogen) atoms. The Kier molecular flexibility index (Phi) is 3.12. The smallest absolute Gasteiger partial charge is 0.202 e. The molecule has 4 nitrogen and oxygen atoms in total. The molecule has 1 aliphatic carbocycles. The van der Waals surface area contributed by atoms with Crippen molar-refractivity contribution >= 4 is 6.08 Å². The van der Waals surface area contributed by atoms with Gasteiger partial charge in [-0.25, -0.2) is 0 Å². The van der Waals surface area contributed by atoms with E-state index in [1.807, 2.05) is 27.0 Å². The fraction of sp³-hybridized carbons (Fsp3) is 0.500. The summed E-state index contributed by atoms with van der Waals surface area (Å²) in [5, 5.41) is 20.7. The Morgan fingerprint density at radius 2 is 2.05 bits per heavy atom. The number of benzene rings is 1. The van der Waals surface area contributed by atoms with Gasteiger partial charge in [0.25, 0.3) is 0 Å². The summed E-state index contributed by atoms with van der Waals surface area (Å²) < 4.78 is 5.63. The molecule has 1 saturated heterocycles. The lowest BCUT2D eigenvalue weighted by molar-refractivity contribution is -0.210. The monoisotopic (exact) mass is 275 g/mol. The van der Waals surface area contributed by atoms with Gasteiger partial charge >= 0.3 is 0 Å². The maximum absolute atomic E-state index is 10.7. The summed E-state index contributed by atoms with van der Waals surface area (Å²) in [7, 11) is 1.98. The van der Waals surface area contributed by atoms with Crippen LogP contribution in [0.4, 0.5) is 0 Å². The summed E-state index contributed by atoms with van der Waals surface area (Å²) in [6, 6.07) is 1.78. The number of fused-ring (bicyclic) bond motifs is 1. The highest BCUT2D eigenvalue weighted by Crippen LogP contribution is 2.39. The Hall–Kier alpha value is -1.36. The van der Waals surface area contributed by atoms with Crippen molar-refractivity contribution in [2.24, 2.45) is 0 Å². The predicted octanol–water partition coefficient (Wildman–Crippen LogP) is 1.60. The maximum Gasteiger partial charge on any atom is 0.202 e. The molecule has 0 aromatic heterocycles. The van der Waals surface area contributed by atoms with Gasteiger partial charge in [-0.1, -0.05) is 0 Å². The third kappa shape index (κ3) is 2.04. The van der Waals surface area contributed by atoms with Crippen molar-refractivity contribution in [3.8, 4) is 5.75 Å². The number of nitrogens with zero attached hydrogens (tertiary/aromatic N) is 1. The Bertz CT molecular complexity index is 594. The summed E-state index contributed by atoms with van der Waals surface area (Å²) in [4.78, 5) is 2.07. The van der Waals surface area contributed by atoms with E-state index in [-0.39, 0.29) is 0 Å². The minimum Gasteiger partial charge on any atom is -0.508 e. The van der Waals surface area contributed by atoms with Gasteiger partial charge in [-0.05, 0) is 67.3 Å². The summed E-state index contributed by atoms with van der Waals surface area (Å²) in [6.07, 6.45) is 2.65. The van der Waals surface area contributed by atoms with Gasteiger partial charge in [0.15, 0.2) is 0 Å². The zero-order chi connectivity index (χ0) is 14.5. The van der Waals surface area contributed by atoms with Crippen LogP contribution in [0.3, 0.4) is 0 Å². The zero-order valence-electron chi connectivity index (χ0n) is 12.2. The summed E-state index contributed by atoms with van der Waals surface area (Å²) in [6.45, 7) is 5.79. The molecule has 0 saturated carbocycles. The third-order valence-corrected chi connectivity index (χ3v) is 4.54. The lowest BCUT2D eigenvalue weighted by Gasteiger charge is -2.38. The van der Waals surface area contributed by atoms with Gasteiger partial charge in [0.05, 0.1) is 13.2 Å². The molecule has 4 heteroatoms. The van der Waals surface area contributed by atoms with Crippen molar-refractivity contribution in [3.63, 3.8) is 0 Å². The van der Waals surface area contributed by atoms with Gasteiger partial charge < -0.3 is 14.9 Å². The summed E-state index contributed by atoms with van der Waals surface area (Å²) in [5.74, 6) is -0.894. The lowest BCUT2D eigenvalue weighted by Crippen LogP contribution is -2.51. The molecule has 0 amide bonds. The van der Waals surface area contributed by atoms with E-state index < -0.39 is 5.79 Å². The van der Waals surface area contributed by atoms with Crippen molar-refractivity contribution in [1.29, 1.82) is 0 Å². The van der Waals surface area contributed by atoms with Crippen molar-refractivity contribution < 1.29 is 14.9 Å². The second-order valence-electron chi connectivity index (χ2n) is 5.93. The standard InChI is InChI=1S/C16H21NO3/c1-10-11(2)15(18)7-12-6-13(8-14(10)12)16(19)9-17(3)4-5-20-16/h6-7,18-19H,4-5,8-9H2,1-3H3. The molecule has 2 N–H and O–H groups in total. The van der Waals surface area contributed by atoms with Crippen LogP contribution in [0.15, 0.2) is 11.6 Å². The third-order valence-electron chi connectivity index (χ3n) is 4.54. The molecule has 1 atom stereocenters. The first kappa shape index (κ1) is 13.6. The van der Waals surface area contributed by atoms with Crippen molar-refractivity contribution in [3.05, 3.63) is 33.9 Å². The van der Waals surface area contributed by atoms with Crippen LogP contribution in [0, 0.1) is 13.8 Å². The normalized spacial score (nSPS) is 26.5. The number of phenolic OH excluding ortho intramolecular Hbond substituents is 1. The fourth-order valence-corrected chi connectivity index (χ4v) is 3.08. The largest absolute Gasteiger partial charge is 0.508 e. The highest BCUT2D eigenvalue weighted by molar-refractivity contribution is 5.70. The molecule has 1 aliphatic heterocycles. The van der Waals surface area contributed by atoms with Crippen LogP contribution in [-0.2, 0) is 11.2 Å². The molecule has 0 radical (unpaired) electrons. The van der Waals surface area contributed by atoms with E-state index in [1.54, 1.807) is 6.07 Å². The topological polar surface area (TPSA) is 52.9 Å².